The molecule has 1 nitrogen and oxygen atoms in total. The fraction of sp³-hybridized carbons (Fsp3) is 0.538. The normalized spacial score (nSPS) is 22.1. The Labute approximate surface area is 103 Å². The molecule has 1 aromatic carbocycles. The summed E-state index contributed by atoms with van der Waals surface area (Å²) >= 11 is 0. The predicted molar refractivity (Wildman–Crippen MR) is 60.5 cm³/mol. The van der Waals surface area contributed by atoms with Gasteiger partial charge in [-0.15, -0.1) is 0 Å². The molecule has 1 unspecified atom stereocenters. The van der Waals surface area contributed by atoms with Crippen LogP contribution in [0.2, 0.25) is 0 Å². The minimum absolute atomic E-state index is 0.0425. The van der Waals surface area contributed by atoms with Crippen molar-refractivity contribution in [2.45, 2.75) is 25.6 Å². The first-order chi connectivity index (χ1) is 8.45. The Morgan fingerprint density at radius 2 is 1.83 bits per heavy atom. The molecule has 0 radical (unpaired) electrons. The van der Waals surface area contributed by atoms with Gasteiger partial charge in [0.15, 0.2) is 0 Å². The minimum Gasteiger partial charge on any atom is -0.298 e. The van der Waals surface area contributed by atoms with E-state index in [4.69, 9.17) is 0 Å². The maximum absolute atomic E-state index is 12.7. The molecule has 100 valence electrons. The van der Waals surface area contributed by atoms with Crippen LogP contribution in [0.15, 0.2) is 24.3 Å². The number of halogens is 4. The Kier molecular flexibility index (Phi) is 3.90. The topological polar surface area (TPSA) is 3.24 Å². The van der Waals surface area contributed by atoms with Crippen LogP contribution < -0.4 is 0 Å². The van der Waals surface area contributed by atoms with Crippen LogP contribution in [0, 0.1) is 11.7 Å². The molecule has 0 saturated carbocycles. The van der Waals surface area contributed by atoms with Gasteiger partial charge in [0.05, 0.1) is 5.92 Å². The summed E-state index contributed by atoms with van der Waals surface area (Å²) in [6.45, 7) is 1.16. The highest BCUT2D eigenvalue weighted by atomic mass is 19.4. The Hall–Kier alpha value is -1.10. The molecule has 5 heteroatoms. The van der Waals surface area contributed by atoms with Crippen molar-refractivity contribution >= 4 is 0 Å². The van der Waals surface area contributed by atoms with Crippen LogP contribution in [0.4, 0.5) is 17.6 Å². The quantitative estimate of drug-likeness (QED) is 0.735. The minimum atomic E-state index is -4.11. The summed E-state index contributed by atoms with van der Waals surface area (Å²) in [6, 6.07) is 5.90. The van der Waals surface area contributed by atoms with Gasteiger partial charge in [-0.3, -0.25) is 4.90 Å². The summed E-state index contributed by atoms with van der Waals surface area (Å²) in [5.74, 6) is -1.56. The summed E-state index contributed by atoms with van der Waals surface area (Å²) < 4.78 is 50.6. The number of rotatable bonds is 2. The van der Waals surface area contributed by atoms with Crippen LogP contribution in [-0.2, 0) is 6.54 Å². The van der Waals surface area contributed by atoms with Crippen LogP contribution in [0.3, 0.4) is 0 Å². The van der Waals surface area contributed by atoms with Gasteiger partial charge >= 0.3 is 6.18 Å². The second kappa shape index (κ2) is 5.26. The average Bonchev–Trinajstić information content (AvgIpc) is 2.31. The molecule has 0 aromatic heterocycles. The zero-order valence-electron chi connectivity index (χ0n) is 9.88. The lowest BCUT2D eigenvalue weighted by Gasteiger charge is -2.33. The van der Waals surface area contributed by atoms with Gasteiger partial charge in [0.1, 0.15) is 5.82 Å². The molecule has 1 saturated heterocycles. The number of hydrogen-bond donors (Lipinski definition) is 0. The molecule has 1 aliphatic heterocycles. The summed E-state index contributed by atoms with van der Waals surface area (Å²) in [5, 5.41) is 0. The van der Waals surface area contributed by atoms with Gasteiger partial charge in [-0.05, 0) is 37.1 Å². The molecule has 18 heavy (non-hydrogen) atoms. The number of likely N-dealkylation sites (tertiary alicyclic amines) is 1. The van der Waals surface area contributed by atoms with E-state index in [1.165, 1.54) is 12.1 Å². The molecule has 0 aliphatic carbocycles. The van der Waals surface area contributed by atoms with E-state index in [2.05, 4.69) is 0 Å². The van der Waals surface area contributed by atoms with E-state index >= 15 is 0 Å². The van der Waals surface area contributed by atoms with E-state index in [-0.39, 0.29) is 18.8 Å². The highest BCUT2D eigenvalue weighted by Gasteiger charge is 2.41. The number of piperidine rings is 1. The third-order valence-corrected chi connectivity index (χ3v) is 3.29. The van der Waals surface area contributed by atoms with Crippen LogP contribution in [0.25, 0.3) is 0 Å². The van der Waals surface area contributed by atoms with Gasteiger partial charge < -0.3 is 0 Å². The van der Waals surface area contributed by atoms with Crippen molar-refractivity contribution in [3.05, 3.63) is 35.6 Å². The monoisotopic (exact) mass is 261 g/mol. The summed E-state index contributed by atoms with van der Waals surface area (Å²) in [4.78, 5) is 1.79. The van der Waals surface area contributed by atoms with Gasteiger partial charge in [-0.25, -0.2) is 4.39 Å². The Bertz CT molecular complexity index is 385. The molecule has 2 rings (SSSR count). The van der Waals surface area contributed by atoms with Crippen molar-refractivity contribution < 1.29 is 17.6 Å². The zero-order chi connectivity index (χ0) is 13.2. The van der Waals surface area contributed by atoms with E-state index < -0.39 is 12.1 Å². The van der Waals surface area contributed by atoms with Crippen molar-refractivity contribution in [2.75, 3.05) is 13.1 Å². The van der Waals surface area contributed by atoms with Gasteiger partial charge in [-0.2, -0.15) is 13.2 Å². The first-order valence-corrected chi connectivity index (χ1v) is 5.98. The Balaban J connectivity index is 1.95. The summed E-state index contributed by atoms with van der Waals surface area (Å²) in [6.07, 6.45) is -3.34. The van der Waals surface area contributed by atoms with Crippen molar-refractivity contribution in [1.82, 2.24) is 4.90 Å². The molecule has 0 N–H and O–H groups in total. The number of hydrogen-bond acceptors (Lipinski definition) is 1. The first kappa shape index (κ1) is 13.3. The molecule has 1 atom stereocenters. The molecule has 0 amide bonds. The van der Waals surface area contributed by atoms with Crippen molar-refractivity contribution in [3.8, 4) is 0 Å². The van der Waals surface area contributed by atoms with Crippen molar-refractivity contribution in [1.29, 1.82) is 0 Å². The van der Waals surface area contributed by atoms with Gasteiger partial charge in [0, 0.05) is 13.1 Å². The fourth-order valence-electron chi connectivity index (χ4n) is 2.31. The summed E-state index contributed by atoms with van der Waals surface area (Å²) in [7, 11) is 0. The number of alkyl halides is 3. The summed E-state index contributed by atoms with van der Waals surface area (Å²) in [5.41, 5.74) is 0.847. The molecular weight excluding hydrogens is 246 g/mol. The third kappa shape index (κ3) is 3.45. The maximum Gasteiger partial charge on any atom is 0.393 e. The van der Waals surface area contributed by atoms with Crippen LogP contribution in [0.5, 0.6) is 0 Å². The molecule has 1 aliphatic rings. The Morgan fingerprint density at radius 3 is 2.44 bits per heavy atom. The Morgan fingerprint density at radius 1 is 1.17 bits per heavy atom. The standard InChI is InChI=1S/C13H15F4N/c14-12-5-3-10(4-6-12)8-18-7-1-2-11(9-18)13(15,16)17/h3-6,11H,1-2,7-9H2. The van der Waals surface area contributed by atoms with E-state index in [1.807, 2.05) is 0 Å². The van der Waals surface area contributed by atoms with E-state index in [1.54, 1.807) is 17.0 Å². The van der Waals surface area contributed by atoms with E-state index in [9.17, 15) is 17.6 Å². The average molecular weight is 261 g/mol. The number of nitrogens with zero attached hydrogens (tertiary/aromatic N) is 1. The lowest BCUT2D eigenvalue weighted by atomic mass is 9.97. The van der Waals surface area contributed by atoms with Gasteiger partial charge in [0.25, 0.3) is 0 Å². The lowest BCUT2D eigenvalue weighted by molar-refractivity contribution is -0.187. The van der Waals surface area contributed by atoms with Crippen LogP contribution >= 0.6 is 0 Å². The van der Waals surface area contributed by atoms with Crippen molar-refractivity contribution in [2.24, 2.45) is 5.92 Å². The molecule has 1 heterocycles. The molecule has 1 fully saturated rings. The maximum atomic E-state index is 12.7. The first-order valence-electron chi connectivity index (χ1n) is 5.98. The van der Waals surface area contributed by atoms with Crippen LogP contribution in [-0.4, -0.2) is 24.2 Å². The second-order valence-corrected chi connectivity index (χ2v) is 4.74. The van der Waals surface area contributed by atoms with E-state index in [0.717, 1.165) is 5.56 Å². The largest absolute Gasteiger partial charge is 0.393 e. The smallest absolute Gasteiger partial charge is 0.298 e. The van der Waals surface area contributed by atoms with Gasteiger partial charge in [0.2, 0.25) is 0 Å². The highest BCUT2D eigenvalue weighted by Crippen LogP contribution is 2.33. The second-order valence-electron chi connectivity index (χ2n) is 4.74. The SMILES string of the molecule is Fc1ccc(CN2CCCC(C(F)(F)F)C2)cc1. The predicted octanol–water partition coefficient (Wildman–Crippen LogP) is 3.60. The molecular formula is C13H15F4N. The fourth-order valence-corrected chi connectivity index (χ4v) is 2.31. The lowest BCUT2D eigenvalue weighted by Crippen LogP contribution is -2.41. The third-order valence-electron chi connectivity index (χ3n) is 3.29. The van der Waals surface area contributed by atoms with Crippen molar-refractivity contribution in [3.63, 3.8) is 0 Å². The molecule has 0 bridgehead atoms. The molecule has 0 spiro atoms. The van der Waals surface area contributed by atoms with E-state index in [0.29, 0.717) is 19.5 Å². The number of benzene rings is 1. The van der Waals surface area contributed by atoms with Crippen LogP contribution in [0.1, 0.15) is 18.4 Å². The highest BCUT2D eigenvalue weighted by molar-refractivity contribution is 5.16. The molecule has 1 aromatic rings. The van der Waals surface area contributed by atoms with Gasteiger partial charge in [-0.1, -0.05) is 12.1 Å². The zero-order valence-corrected chi connectivity index (χ0v) is 9.88.